The van der Waals surface area contributed by atoms with Gasteiger partial charge in [0, 0.05) is 10.9 Å². The Morgan fingerprint density at radius 2 is 2.04 bits per heavy atom. The molecule has 3 rings (SSSR count). The van der Waals surface area contributed by atoms with Gasteiger partial charge in [0.2, 0.25) is 5.91 Å². The third-order valence-electron chi connectivity index (χ3n) is 4.31. The van der Waals surface area contributed by atoms with Crippen LogP contribution in [0.2, 0.25) is 0 Å². The molecule has 0 unspecified atom stereocenters. The summed E-state index contributed by atoms with van der Waals surface area (Å²) in [6, 6.07) is 9.73. The van der Waals surface area contributed by atoms with Crippen LogP contribution < -0.4 is 15.4 Å². The molecule has 0 radical (unpaired) electrons. The monoisotopic (exact) mass is 466 g/mol. The molecular weight excluding hydrogens is 448 g/mol. The zero-order valence-corrected chi connectivity index (χ0v) is 17.7. The smallest absolute Gasteiger partial charge is 0.262 e. The molecule has 2 aromatic carbocycles. The summed E-state index contributed by atoms with van der Waals surface area (Å²) in [6.45, 7) is 3.30. The van der Waals surface area contributed by atoms with Crippen molar-refractivity contribution in [3.05, 3.63) is 46.4 Å². The number of ether oxygens (including phenoxy) is 1. The first-order chi connectivity index (χ1) is 13.2. The van der Waals surface area contributed by atoms with Crippen LogP contribution in [0.4, 0.5) is 11.4 Å². The Morgan fingerprint density at radius 1 is 1.29 bits per heavy atom. The predicted octanol–water partition coefficient (Wildman–Crippen LogP) is 3.28. The van der Waals surface area contributed by atoms with Gasteiger partial charge in [-0.1, -0.05) is 6.07 Å². The Morgan fingerprint density at radius 3 is 2.75 bits per heavy atom. The molecule has 7 nitrogen and oxygen atoms in total. The van der Waals surface area contributed by atoms with E-state index in [1.54, 1.807) is 6.07 Å². The molecule has 2 amide bonds. The number of halogens is 1. The van der Waals surface area contributed by atoms with E-state index in [2.05, 4.69) is 26.6 Å². The van der Waals surface area contributed by atoms with E-state index in [0.29, 0.717) is 17.1 Å². The summed E-state index contributed by atoms with van der Waals surface area (Å²) in [5.41, 5.74) is 1.91. The van der Waals surface area contributed by atoms with Crippen molar-refractivity contribution in [2.75, 3.05) is 17.2 Å². The van der Waals surface area contributed by atoms with Crippen molar-refractivity contribution >= 4 is 49.0 Å². The zero-order chi connectivity index (χ0) is 20.5. The fourth-order valence-corrected chi connectivity index (χ4v) is 4.73. The Balaban J connectivity index is 1.74. The van der Waals surface area contributed by atoms with E-state index in [4.69, 9.17) is 4.74 Å². The lowest BCUT2D eigenvalue weighted by molar-refractivity contribution is -0.118. The molecule has 0 saturated carbocycles. The Hall–Kier alpha value is -2.39. The number of carbonyl (C=O) groups excluding carboxylic acids is 2. The molecule has 1 heterocycles. The molecule has 0 bridgehead atoms. The van der Waals surface area contributed by atoms with Gasteiger partial charge in [0.05, 0.1) is 21.5 Å². The minimum absolute atomic E-state index is 0.0221. The number of hydrogen-bond donors (Lipinski definition) is 2. The van der Waals surface area contributed by atoms with E-state index in [-0.39, 0.29) is 23.8 Å². The Bertz CT molecular complexity index is 1050. The number of sulfone groups is 1. The van der Waals surface area contributed by atoms with Crippen LogP contribution in [-0.2, 0) is 19.4 Å². The van der Waals surface area contributed by atoms with Crippen LogP contribution in [0, 0.1) is 6.92 Å². The second-order valence-corrected chi connectivity index (χ2v) is 9.81. The van der Waals surface area contributed by atoms with Crippen LogP contribution in [0.5, 0.6) is 5.75 Å². The molecule has 9 heteroatoms. The summed E-state index contributed by atoms with van der Waals surface area (Å²) in [5.74, 6) is -0.346. The van der Waals surface area contributed by atoms with Crippen LogP contribution in [-0.4, -0.2) is 32.1 Å². The van der Waals surface area contributed by atoms with Crippen LogP contribution in [0.1, 0.15) is 18.9 Å². The van der Waals surface area contributed by atoms with Gasteiger partial charge in [-0.05, 0) is 65.7 Å². The Labute approximate surface area is 171 Å². The number of fused-ring (bicyclic) bond motifs is 1. The number of benzene rings is 2. The molecule has 148 valence electrons. The molecule has 2 N–H and O–H groups in total. The van der Waals surface area contributed by atoms with Gasteiger partial charge < -0.3 is 15.4 Å². The van der Waals surface area contributed by atoms with Crippen LogP contribution in [0.3, 0.4) is 0 Å². The summed E-state index contributed by atoms with van der Waals surface area (Å²) in [5, 5.41) is 4.35. The highest BCUT2D eigenvalue weighted by Gasteiger charge is 2.28. The third kappa shape index (κ3) is 4.36. The fraction of sp³-hybridized carbons (Fsp3) is 0.263. The van der Waals surface area contributed by atoms with Crippen molar-refractivity contribution in [2.24, 2.45) is 0 Å². The number of amides is 2. The van der Waals surface area contributed by atoms with Gasteiger partial charge >= 0.3 is 0 Å². The van der Waals surface area contributed by atoms with E-state index < -0.39 is 21.0 Å². The number of anilines is 2. The molecule has 0 fully saturated rings. The minimum atomic E-state index is -3.77. The maximum absolute atomic E-state index is 12.9. The van der Waals surface area contributed by atoms with Crippen molar-refractivity contribution in [1.29, 1.82) is 0 Å². The molecule has 1 atom stereocenters. The van der Waals surface area contributed by atoms with Gasteiger partial charge in [-0.15, -0.1) is 0 Å². The van der Waals surface area contributed by atoms with E-state index in [1.807, 2.05) is 19.1 Å². The molecule has 1 aliphatic heterocycles. The highest BCUT2D eigenvalue weighted by molar-refractivity contribution is 9.10. The standard InChI is InChI=1S/C19H19BrN2O5S/c1-11-3-5-15(14(20)7-11)21-18(23)8-12(2)28(25,26)13-4-6-17-16(9-13)22-19(24)10-27-17/h3-7,9,12H,8,10H2,1-2H3,(H,21,23)(H,22,24)/t12-/m0/s1. The van der Waals surface area contributed by atoms with E-state index >= 15 is 0 Å². The van der Waals surface area contributed by atoms with Crippen LogP contribution >= 0.6 is 15.9 Å². The van der Waals surface area contributed by atoms with E-state index in [9.17, 15) is 18.0 Å². The Kier molecular flexibility index (Phi) is 5.76. The summed E-state index contributed by atoms with van der Waals surface area (Å²) in [6.07, 6.45) is -0.206. The normalized spacial score (nSPS) is 14.5. The topological polar surface area (TPSA) is 102 Å². The molecule has 1 aliphatic rings. The SMILES string of the molecule is Cc1ccc(NC(=O)C[C@H](C)S(=O)(=O)c2ccc3c(c2)NC(=O)CO3)c(Br)c1. The average Bonchev–Trinajstić information content (AvgIpc) is 2.63. The lowest BCUT2D eigenvalue weighted by Crippen LogP contribution is -2.27. The summed E-state index contributed by atoms with van der Waals surface area (Å²) in [4.78, 5) is 23.8. The van der Waals surface area contributed by atoms with Crippen molar-refractivity contribution < 1.29 is 22.7 Å². The van der Waals surface area contributed by atoms with Gasteiger partial charge in [0.15, 0.2) is 16.4 Å². The van der Waals surface area contributed by atoms with Crippen molar-refractivity contribution in [3.8, 4) is 5.75 Å². The molecule has 0 aromatic heterocycles. The van der Waals surface area contributed by atoms with Gasteiger partial charge in [-0.3, -0.25) is 9.59 Å². The molecule has 0 saturated heterocycles. The summed E-state index contributed by atoms with van der Waals surface area (Å²) in [7, 11) is -3.77. The minimum Gasteiger partial charge on any atom is -0.482 e. The van der Waals surface area contributed by atoms with Crippen molar-refractivity contribution in [2.45, 2.75) is 30.4 Å². The summed E-state index contributed by atoms with van der Waals surface area (Å²) < 4.78 is 31.7. The second kappa shape index (κ2) is 7.92. The number of rotatable bonds is 5. The maximum atomic E-state index is 12.9. The molecule has 28 heavy (non-hydrogen) atoms. The van der Waals surface area contributed by atoms with Crippen molar-refractivity contribution in [3.63, 3.8) is 0 Å². The predicted molar refractivity (Wildman–Crippen MR) is 109 cm³/mol. The number of nitrogens with one attached hydrogen (secondary N) is 2. The third-order valence-corrected chi connectivity index (χ3v) is 7.11. The largest absolute Gasteiger partial charge is 0.482 e. The fourth-order valence-electron chi connectivity index (χ4n) is 2.77. The van der Waals surface area contributed by atoms with Gasteiger partial charge in [-0.25, -0.2) is 8.42 Å². The van der Waals surface area contributed by atoms with Gasteiger partial charge in [0.1, 0.15) is 5.75 Å². The lowest BCUT2D eigenvalue weighted by Gasteiger charge is -2.19. The van der Waals surface area contributed by atoms with Crippen molar-refractivity contribution in [1.82, 2.24) is 0 Å². The highest BCUT2D eigenvalue weighted by Crippen LogP contribution is 2.32. The molecule has 2 aromatic rings. The van der Waals surface area contributed by atoms with E-state index in [0.717, 1.165) is 10.0 Å². The average molecular weight is 467 g/mol. The van der Waals surface area contributed by atoms with Crippen LogP contribution in [0.15, 0.2) is 45.8 Å². The number of hydrogen-bond acceptors (Lipinski definition) is 5. The first-order valence-corrected chi connectivity index (χ1v) is 10.9. The molecular formula is C19H19BrN2O5S. The first-order valence-electron chi connectivity index (χ1n) is 8.53. The molecule has 0 spiro atoms. The summed E-state index contributed by atoms with van der Waals surface area (Å²) >= 11 is 3.38. The molecule has 0 aliphatic carbocycles. The number of aryl methyl sites for hydroxylation is 1. The first kappa shape index (κ1) is 20.3. The maximum Gasteiger partial charge on any atom is 0.262 e. The quantitative estimate of drug-likeness (QED) is 0.703. The van der Waals surface area contributed by atoms with E-state index in [1.165, 1.54) is 25.1 Å². The highest BCUT2D eigenvalue weighted by atomic mass is 79.9. The zero-order valence-electron chi connectivity index (χ0n) is 15.3. The van der Waals surface area contributed by atoms with Gasteiger partial charge in [-0.2, -0.15) is 0 Å². The lowest BCUT2D eigenvalue weighted by atomic mass is 10.2. The van der Waals surface area contributed by atoms with Crippen LogP contribution in [0.25, 0.3) is 0 Å². The second-order valence-electron chi connectivity index (χ2n) is 6.59. The number of carbonyl (C=O) groups is 2. The van der Waals surface area contributed by atoms with Gasteiger partial charge in [0.25, 0.3) is 5.91 Å².